The van der Waals surface area contributed by atoms with E-state index in [1.54, 1.807) is 6.33 Å². The third kappa shape index (κ3) is 1.97. The van der Waals surface area contributed by atoms with Crippen LogP contribution < -0.4 is 0 Å². The van der Waals surface area contributed by atoms with Crippen molar-refractivity contribution in [2.24, 2.45) is 5.92 Å². The third-order valence-electron chi connectivity index (χ3n) is 3.12. The number of rotatable bonds is 2. The van der Waals surface area contributed by atoms with E-state index in [-0.39, 0.29) is 0 Å². The van der Waals surface area contributed by atoms with Crippen LogP contribution in [0.3, 0.4) is 0 Å². The molecule has 3 heteroatoms. The van der Waals surface area contributed by atoms with Crippen LogP contribution >= 0.6 is 0 Å². The van der Waals surface area contributed by atoms with Crippen molar-refractivity contribution in [1.29, 1.82) is 0 Å². The molecule has 1 aliphatic rings. The highest BCUT2D eigenvalue weighted by molar-refractivity contribution is 5.20. The maximum Gasteiger partial charge on any atom is 0.126 e. The lowest BCUT2D eigenvalue weighted by Gasteiger charge is -2.28. The minimum atomic E-state index is -0.840. The predicted molar refractivity (Wildman–Crippen MR) is 59.3 cm³/mol. The Hall–Kier alpha value is -1.09. The first-order chi connectivity index (χ1) is 7.14. The normalized spacial score (nSPS) is 30.7. The van der Waals surface area contributed by atoms with E-state index in [4.69, 9.17) is 0 Å². The van der Waals surface area contributed by atoms with E-state index in [9.17, 15) is 5.11 Å². The zero-order valence-corrected chi connectivity index (χ0v) is 9.35. The molecule has 1 aromatic heterocycles. The summed E-state index contributed by atoms with van der Waals surface area (Å²) >= 11 is 0. The van der Waals surface area contributed by atoms with Gasteiger partial charge in [-0.1, -0.05) is 19.1 Å². The van der Waals surface area contributed by atoms with Gasteiger partial charge in [0.1, 0.15) is 5.60 Å². The first-order valence-corrected chi connectivity index (χ1v) is 5.58. The number of allylic oxidation sites excluding steroid dienone is 1. The molecule has 0 saturated heterocycles. The van der Waals surface area contributed by atoms with Crippen molar-refractivity contribution in [3.8, 4) is 0 Å². The molecular formula is C12H18N2O. The fraction of sp³-hybridized carbons (Fsp3) is 0.583. The highest BCUT2D eigenvalue weighted by atomic mass is 16.3. The highest BCUT2D eigenvalue weighted by Gasteiger charge is 2.31. The molecule has 0 fully saturated rings. The fourth-order valence-electron chi connectivity index (χ4n) is 1.92. The van der Waals surface area contributed by atoms with Gasteiger partial charge < -0.3 is 9.67 Å². The number of imidazole rings is 1. The first-order valence-electron chi connectivity index (χ1n) is 5.58. The van der Waals surface area contributed by atoms with E-state index < -0.39 is 5.60 Å². The van der Waals surface area contributed by atoms with Crippen LogP contribution in [0.1, 0.15) is 32.4 Å². The van der Waals surface area contributed by atoms with Crippen molar-refractivity contribution in [2.75, 3.05) is 0 Å². The molecule has 0 radical (unpaired) electrons. The Kier molecular flexibility index (Phi) is 2.65. The van der Waals surface area contributed by atoms with Crippen LogP contribution in [0, 0.1) is 5.92 Å². The number of aliphatic hydroxyl groups is 1. The zero-order chi connectivity index (χ0) is 10.9. The number of hydrogen-bond acceptors (Lipinski definition) is 2. The van der Waals surface area contributed by atoms with Gasteiger partial charge in [-0.3, -0.25) is 0 Å². The smallest absolute Gasteiger partial charge is 0.126 e. The molecule has 2 unspecified atom stereocenters. The summed E-state index contributed by atoms with van der Waals surface area (Å²) in [6, 6.07) is 0. The second-order valence-corrected chi connectivity index (χ2v) is 4.39. The lowest BCUT2D eigenvalue weighted by Crippen LogP contribution is -2.27. The monoisotopic (exact) mass is 206 g/mol. The molecule has 0 spiro atoms. The molecule has 1 N–H and O–H groups in total. The van der Waals surface area contributed by atoms with Gasteiger partial charge in [-0.05, 0) is 25.7 Å². The SMILES string of the molecule is CCn1cnc(C2(O)C=CC(C)CC2)c1. The van der Waals surface area contributed by atoms with Crippen LogP contribution in [-0.2, 0) is 12.1 Å². The molecule has 3 nitrogen and oxygen atoms in total. The van der Waals surface area contributed by atoms with Crippen molar-refractivity contribution >= 4 is 0 Å². The summed E-state index contributed by atoms with van der Waals surface area (Å²) in [6.45, 7) is 5.12. The van der Waals surface area contributed by atoms with Crippen LogP contribution in [0.2, 0.25) is 0 Å². The number of hydrogen-bond donors (Lipinski definition) is 1. The Bertz CT molecular complexity index is 369. The Balaban J connectivity index is 2.25. The van der Waals surface area contributed by atoms with E-state index in [2.05, 4.69) is 24.9 Å². The Morgan fingerprint density at radius 3 is 3.00 bits per heavy atom. The third-order valence-corrected chi connectivity index (χ3v) is 3.12. The number of aryl methyl sites for hydroxylation is 1. The summed E-state index contributed by atoms with van der Waals surface area (Å²) in [5.74, 6) is 0.568. The van der Waals surface area contributed by atoms with E-state index in [0.717, 1.165) is 25.1 Å². The van der Waals surface area contributed by atoms with E-state index in [1.165, 1.54) is 0 Å². The van der Waals surface area contributed by atoms with Crippen molar-refractivity contribution in [3.05, 3.63) is 30.4 Å². The first kappa shape index (κ1) is 10.4. The Morgan fingerprint density at radius 1 is 1.67 bits per heavy atom. The van der Waals surface area contributed by atoms with E-state index in [0.29, 0.717) is 5.92 Å². The minimum Gasteiger partial charge on any atom is -0.379 e. The Labute approximate surface area is 90.5 Å². The minimum absolute atomic E-state index is 0.568. The lowest BCUT2D eigenvalue weighted by atomic mass is 9.84. The van der Waals surface area contributed by atoms with Gasteiger partial charge in [-0.15, -0.1) is 0 Å². The quantitative estimate of drug-likeness (QED) is 0.752. The van der Waals surface area contributed by atoms with E-state index >= 15 is 0 Å². The van der Waals surface area contributed by atoms with Gasteiger partial charge in [0.2, 0.25) is 0 Å². The second kappa shape index (κ2) is 3.81. The predicted octanol–water partition coefficient (Wildman–Crippen LogP) is 2.08. The molecule has 15 heavy (non-hydrogen) atoms. The van der Waals surface area contributed by atoms with Crippen LogP contribution in [-0.4, -0.2) is 14.7 Å². The number of aromatic nitrogens is 2. The van der Waals surface area contributed by atoms with Crippen LogP contribution in [0.25, 0.3) is 0 Å². The molecule has 0 amide bonds. The molecule has 2 atom stereocenters. The molecule has 1 aliphatic carbocycles. The molecule has 0 aliphatic heterocycles. The van der Waals surface area contributed by atoms with Gasteiger partial charge in [0.05, 0.1) is 12.0 Å². The van der Waals surface area contributed by atoms with Crippen molar-refractivity contribution in [3.63, 3.8) is 0 Å². The average molecular weight is 206 g/mol. The van der Waals surface area contributed by atoms with Crippen molar-refractivity contribution in [1.82, 2.24) is 9.55 Å². The molecule has 2 rings (SSSR count). The lowest BCUT2D eigenvalue weighted by molar-refractivity contribution is 0.0632. The van der Waals surface area contributed by atoms with Gasteiger partial charge in [-0.2, -0.15) is 0 Å². The standard InChI is InChI=1S/C12H18N2O/c1-3-14-8-11(13-9-14)12(15)6-4-10(2)5-7-12/h4,6,8-10,15H,3,5,7H2,1-2H3. The van der Waals surface area contributed by atoms with Gasteiger partial charge in [-0.25, -0.2) is 4.98 Å². The summed E-state index contributed by atoms with van der Waals surface area (Å²) in [5.41, 5.74) is -0.0695. The summed E-state index contributed by atoms with van der Waals surface area (Å²) in [5, 5.41) is 10.4. The fourth-order valence-corrected chi connectivity index (χ4v) is 1.92. The van der Waals surface area contributed by atoms with E-state index in [1.807, 2.05) is 16.8 Å². The maximum atomic E-state index is 10.4. The number of nitrogens with zero attached hydrogens (tertiary/aromatic N) is 2. The molecular weight excluding hydrogens is 188 g/mol. The molecule has 0 bridgehead atoms. The molecule has 1 aromatic rings. The summed E-state index contributed by atoms with van der Waals surface area (Å²) < 4.78 is 1.99. The zero-order valence-electron chi connectivity index (χ0n) is 9.35. The summed E-state index contributed by atoms with van der Waals surface area (Å²) in [6.07, 6.45) is 9.47. The van der Waals surface area contributed by atoms with Crippen molar-refractivity contribution < 1.29 is 5.11 Å². The van der Waals surface area contributed by atoms with Gasteiger partial charge in [0, 0.05) is 12.7 Å². The van der Waals surface area contributed by atoms with Gasteiger partial charge >= 0.3 is 0 Å². The van der Waals surface area contributed by atoms with Crippen LogP contribution in [0.4, 0.5) is 0 Å². The second-order valence-electron chi connectivity index (χ2n) is 4.39. The molecule has 1 heterocycles. The summed E-state index contributed by atoms with van der Waals surface area (Å²) in [7, 11) is 0. The molecule has 0 aromatic carbocycles. The van der Waals surface area contributed by atoms with Crippen molar-refractivity contribution in [2.45, 2.75) is 38.8 Å². The van der Waals surface area contributed by atoms with Crippen LogP contribution in [0.15, 0.2) is 24.7 Å². The van der Waals surface area contributed by atoms with Gasteiger partial charge in [0.15, 0.2) is 0 Å². The topological polar surface area (TPSA) is 38.0 Å². The maximum absolute atomic E-state index is 10.4. The van der Waals surface area contributed by atoms with Gasteiger partial charge in [0.25, 0.3) is 0 Å². The van der Waals surface area contributed by atoms with Crippen LogP contribution in [0.5, 0.6) is 0 Å². The molecule has 0 saturated carbocycles. The molecule has 82 valence electrons. The average Bonchev–Trinajstić information content (AvgIpc) is 2.72. The summed E-state index contributed by atoms with van der Waals surface area (Å²) in [4.78, 5) is 4.27. The highest BCUT2D eigenvalue weighted by Crippen LogP contribution is 2.33. The largest absolute Gasteiger partial charge is 0.379 e. The Morgan fingerprint density at radius 2 is 2.47 bits per heavy atom.